The van der Waals surface area contributed by atoms with E-state index in [1.165, 1.54) is 53.9 Å². The molecule has 7 unspecified atom stereocenters. The van der Waals surface area contributed by atoms with Gasteiger partial charge in [0, 0.05) is 45.6 Å². The normalized spacial score (nSPS) is 26.4. The van der Waals surface area contributed by atoms with Crippen molar-refractivity contribution in [2.45, 2.75) is 88.3 Å². The molecule has 17 nitrogen and oxygen atoms in total. The van der Waals surface area contributed by atoms with Gasteiger partial charge >= 0.3 is 5.97 Å². The van der Waals surface area contributed by atoms with Gasteiger partial charge in [-0.3, -0.25) is 33.6 Å². The van der Waals surface area contributed by atoms with Crippen LogP contribution < -0.4 is 16.0 Å². The van der Waals surface area contributed by atoms with Crippen molar-refractivity contribution in [1.82, 2.24) is 35.6 Å². The Hall–Kier alpha value is -6.65. The SMILES string of the molecule is CC1NC(=O)C(NC(=O)c2ncccc2O)C(C)OC(=O)C(c2ccccc2)NC(=O)C2CC(=O)CCN2C(=O)C(Cc2ccccc2)N(C)C(=O)C2CCCN2C1=O. The Morgan fingerprint density at radius 1 is 0.831 bits per heavy atom. The van der Waals surface area contributed by atoms with Crippen molar-refractivity contribution < 1.29 is 48.2 Å². The van der Waals surface area contributed by atoms with E-state index in [1.54, 1.807) is 60.7 Å². The number of fused-ring (bicyclic) bond motifs is 2. The van der Waals surface area contributed by atoms with E-state index < -0.39 is 95.2 Å². The van der Waals surface area contributed by atoms with Crippen LogP contribution in [0.25, 0.3) is 0 Å². The number of aromatic nitrogens is 1. The van der Waals surface area contributed by atoms with Gasteiger partial charge in [-0.1, -0.05) is 60.7 Å². The van der Waals surface area contributed by atoms with Crippen molar-refractivity contribution in [1.29, 1.82) is 0 Å². The van der Waals surface area contributed by atoms with Gasteiger partial charge < -0.3 is 40.5 Å². The molecule has 3 fully saturated rings. The fourth-order valence-corrected chi connectivity index (χ4v) is 7.69. The summed E-state index contributed by atoms with van der Waals surface area (Å²) in [5.41, 5.74) is 0.552. The molecule has 310 valence electrons. The highest BCUT2D eigenvalue weighted by molar-refractivity contribution is 6.01. The lowest BCUT2D eigenvalue weighted by molar-refractivity contribution is -0.156. The standard InChI is InChI=1S/C42H47N7O10/c1-24-39(55)48-20-11-16-29(48)40(56)47(3)31(22-26-12-6-4-7-13-26)41(57)49-21-18-28(50)23-30(49)36(52)46-34(27-14-8-5-9-15-27)42(58)59-25(2)33(37(53)44-24)45-38(54)35-32(51)17-10-19-43-35/h4-10,12-15,17,19,24-25,29-31,33-34,51H,11,16,18,20-23H2,1-3H3,(H,44,53)(H,45,54)(H,46,52). The highest BCUT2D eigenvalue weighted by Crippen LogP contribution is 2.26. The first kappa shape index (κ1) is 42.0. The van der Waals surface area contributed by atoms with Crippen LogP contribution in [0.5, 0.6) is 5.75 Å². The first-order valence-electron chi connectivity index (χ1n) is 19.5. The van der Waals surface area contributed by atoms with Crippen LogP contribution in [0.3, 0.4) is 0 Å². The van der Waals surface area contributed by atoms with Gasteiger partial charge in [0.05, 0.1) is 0 Å². The summed E-state index contributed by atoms with van der Waals surface area (Å²) in [5, 5.41) is 18.0. The number of piperidine rings is 1. The highest BCUT2D eigenvalue weighted by Gasteiger charge is 2.45. The molecule has 3 aliphatic rings. The van der Waals surface area contributed by atoms with Crippen LogP contribution in [-0.2, 0) is 44.7 Å². The number of benzene rings is 2. The molecule has 6 rings (SSSR count). The molecule has 2 aromatic carbocycles. The summed E-state index contributed by atoms with van der Waals surface area (Å²) in [6, 6.07) is 11.6. The van der Waals surface area contributed by atoms with Gasteiger partial charge in [0.15, 0.2) is 11.7 Å². The van der Waals surface area contributed by atoms with Crippen LogP contribution in [0.2, 0.25) is 0 Å². The summed E-state index contributed by atoms with van der Waals surface area (Å²) in [6.45, 7) is 2.77. The second kappa shape index (κ2) is 18.3. The second-order valence-corrected chi connectivity index (χ2v) is 14.9. The van der Waals surface area contributed by atoms with Crippen molar-refractivity contribution in [3.8, 4) is 5.75 Å². The number of carbonyl (C=O) groups is 8. The average Bonchev–Trinajstić information content (AvgIpc) is 3.73. The number of likely N-dealkylation sites (N-methyl/N-ethyl adjacent to an activating group) is 1. The van der Waals surface area contributed by atoms with Gasteiger partial charge in [-0.05, 0) is 49.9 Å². The maximum atomic E-state index is 14.7. The molecule has 59 heavy (non-hydrogen) atoms. The minimum absolute atomic E-state index is 0.0416. The van der Waals surface area contributed by atoms with Gasteiger partial charge in [-0.2, -0.15) is 0 Å². The lowest BCUT2D eigenvalue weighted by Gasteiger charge is -2.40. The Bertz CT molecular complexity index is 2100. The topological polar surface area (TPSA) is 225 Å². The zero-order valence-electron chi connectivity index (χ0n) is 32.9. The quantitative estimate of drug-likeness (QED) is 0.264. The predicted molar refractivity (Wildman–Crippen MR) is 209 cm³/mol. The third-order valence-electron chi connectivity index (χ3n) is 10.9. The van der Waals surface area contributed by atoms with E-state index in [0.29, 0.717) is 6.42 Å². The van der Waals surface area contributed by atoms with Crippen LogP contribution in [0.1, 0.15) is 67.2 Å². The smallest absolute Gasteiger partial charge is 0.333 e. The second-order valence-electron chi connectivity index (χ2n) is 14.9. The fraction of sp³-hybridized carbons (Fsp3) is 0.405. The number of rotatable bonds is 5. The monoisotopic (exact) mass is 809 g/mol. The molecular weight excluding hydrogens is 763 g/mol. The van der Waals surface area contributed by atoms with E-state index >= 15 is 0 Å². The minimum Gasteiger partial charge on any atom is -0.505 e. The molecule has 0 bridgehead atoms. The number of cyclic esters (lactones) is 1. The van der Waals surface area contributed by atoms with Gasteiger partial charge in [0.25, 0.3) is 5.91 Å². The number of nitrogens with one attached hydrogen (secondary N) is 3. The summed E-state index contributed by atoms with van der Waals surface area (Å²) < 4.78 is 5.80. The Morgan fingerprint density at radius 2 is 1.51 bits per heavy atom. The maximum absolute atomic E-state index is 14.7. The van der Waals surface area contributed by atoms with Crippen LogP contribution >= 0.6 is 0 Å². The number of hydrogen-bond acceptors (Lipinski definition) is 11. The van der Waals surface area contributed by atoms with E-state index in [-0.39, 0.29) is 50.1 Å². The van der Waals surface area contributed by atoms with Crippen LogP contribution in [-0.4, -0.2) is 128 Å². The predicted octanol–water partition coefficient (Wildman–Crippen LogP) is 0.814. The molecule has 7 atom stereocenters. The van der Waals surface area contributed by atoms with Gasteiger partial charge in [-0.15, -0.1) is 0 Å². The average molecular weight is 810 g/mol. The number of esters is 1. The summed E-state index contributed by atoms with van der Waals surface area (Å²) in [6.07, 6.45) is 0.151. The summed E-state index contributed by atoms with van der Waals surface area (Å²) >= 11 is 0. The zero-order valence-corrected chi connectivity index (χ0v) is 32.9. The molecule has 4 heterocycles. The summed E-state index contributed by atoms with van der Waals surface area (Å²) in [5.74, 6) is -6.37. The van der Waals surface area contributed by atoms with E-state index in [9.17, 15) is 43.5 Å². The highest BCUT2D eigenvalue weighted by atomic mass is 16.5. The van der Waals surface area contributed by atoms with Crippen LogP contribution in [0, 0.1) is 0 Å². The number of nitrogens with zero attached hydrogens (tertiary/aromatic N) is 4. The zero-order chi connectivity index (χ0) is 42.4. The molecule has 0 aliphatic carbocycles. The third-order valence-corrected chi connectivity index (χ3v) is 10.9. The molecule has 4 N–H and O–H groups in total. The number of carbonyl (C=O) groups excluding carboxylic acids is 8. The molecule has 3 saturated heterocycles. The molecule has 17 heteroatoms. The van der Waals surface area contributed by atoms with Gasteiger partial charge in [0.1, 0.15) is 47.8 Å². The fourth-order valence-electron chi connectivity index (χ4n) is 7.69. The molecule has 0 spiro atoms. The number of aromatic hydroxyl groups is 1. The van der Waals surface area contributed by atoms with Crippen molar-refractivity contribution in [3.05, 3.63) is 95.8 Å². The van der Waals surface area contributed by atoms with Crippen molar-refractivity contribution in [2.75, 3.05) is 20.1 Å². The Morgan fingerprint density at radius 3 is 2.20 bits per heavy atom. The van der Waals surface area contributed by atoms with Crippen LogP contribution in [0.4, 0.5) is 0 Å². The maximum Gasteiger partial charge on any atom is 0.333 e. The Balaban J connectivity index is 1.42. The van der Waals surface area contributed by atoms with E-state index in [1.807, 2.05) is 0 Å². The lowest BCUT2D eigenvalue weighted by atomic mass is 9.95. The molecular formula is C42H47N7O10. The molecule has 0 radical (unpaired) electrons. The minimum atomic E-state index is -1.68. The van der Waals surface area contributed by atoms with Crippen molar-refractivity contribution in [3.63, 3.8) is 0 Å². The molecule has 1 aromatic heterocycles. The number of Topliss-reactive ketones (excluding diaryl/α,β-unsaturated/α-hetero) is 1. The van der Waals surface area contributed by atoms with E-state index in [0.717, 1.165) is 5.56 Å². The summed E-state index contributed by atoms with van der Waals surface area (Å²) in [7, 11) is 1.46. The molecule has 3 aliphatic heterocycles. The molecule has 3 aromatic rings. The number of hydrogen-bond donors (Lipinski definition) is 4. The summed E-state index contributed by atoms with van der Waals surface area (Å²) in [4.78, 5) is 120. The van der Waals surface area contributed by atoms with E-state index in [2.05, 4.69) is 20.9 Å². The van der Waals surface area contributed by atoms with Gasteiger partial charge in [0.2, 0.25) is 29.5 Å². The van der Waals surface area contributed by atoms with Crippen molar-refractivity contribution >= 4 is 47.2 Å². The first-order valence-corrected chi connectivity index (χ1v) is 19.5. The first-order chi connectivity index (χ1) is 28.2. The van der Waals surface area contributed by atoms with Crippen LogP contribution in [0.15, 0.2) is 79.0 Å². The number of pyridine rings is 1. The van der Waals surface area contributed by atoms with E-state index in [4.69, 9.17) is 4.74 Å². The lowest BCUT2D eigenvalue weighted by Crippen LogP contribution is -2.61. The number of amides is 6. The third kappa shape index (κ3) is 9.40. The Labute approximate surface area is 340 Å². The van der Waals surface area contributed by atoms with Gasteiger partial charge in [-0.25, -0.2) is 9.78 Å². The molecule has 0 saturated carbocycles. The van der Waals surface area contributed by atoms with Crippen molar-refractivity contribution in [2.24, 2.45) is 0 Å². The molecule has 6 amide bonds. The Kier molecular flexibility index (Phi) is 13.0. The number of ether oxygens (including phenoxy) is 1. The largest absolute Gasteiger partial charge is 0.505 e. The number of ketones is 1.